The zero-order valence-electron chi connectivity index (χ0n) is 9.56. The number of nitriles is 1. The lowest BCUT2D eigenvalue weighted by Gasteiger charge is -2.19. The molecule has 0 saturated heterocycles. The molecule has 1 rings (SSSR count). The van der Waals surface area contributed by atoms with E-state index < -0.39 is 11.4 Å². The molecule has 0 aromatic heterocycles. The summed E-state index contributed by atoms with van der Waals surface area (Å²) in [4.78, 5) is 11.7. The van der Waals surface area contributed by atoms with Crippen molar-refractivity contribution in [2.45, 2.75) is 20.3 Å². The first-order chi connectivity index (χ1) is 7.62. The molecule has 1 aromatic carbocycles. The highest BCUT2D eigenvalue weighted by Gasteiger charge is 2.35. The number of esters is 1. The summed E-state index contributed by atoms with van der Waals surface area (Å²) in [5, 5.41) is 9.09. The van der Waals surface area contributed by atoms with E-state index in [-0.39, 0.29) is 0 Å². The van der Waals surface area contributed by atoms with E-state index in [1.54, 1.807) is 13.8 Å². The summed E-state index contributed by atoms with van der Waals surface area (Å²) in [6.45, 7) is 3.64. The maximum Gasteiger partial charge on any atom is 0.326 e. The van der Waals surface area contributed by atoms with Crippen LogP contribution in [0.3, 0.4) is 0 Å². The van der Waals surface area contributed by atoms with Crippen molar-refractivity contribution in [3.63, 3.8) is 0 Å². The summed E-state index contributed by atoms with van der Waals surface area (Å²) in [5.41, 5.74) is -0.142. The number of benzene rings is 1. The second-order valence-electron chi connectivity index (χ2n) is 3.83. The van der Waals surface area contributed by atoms with Crippen LogP contribution in [0.15, 0.2) is 30.3 Å². The Balaban J connectivity index is 2.83. The Bertz CT molecular complexity index is 394. The quantitative estimate of drug-likeness (QED) is 0.727. The van der Waals surface area contributed by atoms with Gasteiger partial charge in [-0.2, -0.15) is 5.26 Å². The molecule has 0 N–H and O–H groups in total. The number of rotatable bonds is 4. The van der Waals surface area contributed by atoms with Gasteiger partial charge in [0.25, 0.3) is 0 Å². The van der Waals surface area contributed by atoms with Crippen molar-refractivity contribution in [3.05, 3.63) is 35.9 Å². The Hall–Kier alpha value is -1.82. The van der Waals surface area contributed by atoms with Crippen LogP contribution in [0.2, 0.25) is 0 Å². The van der Waals surface area contributed by atoms with Crippen LogP contribution in [0, 0.1) is 16.7 Å². The lowest BCUT2D eigenvalue weighted by molar-refractivity contribution is -0.151. The summed E-state index contributed by atoms with van der Waals surface area (Å²) in [5.74, 6) is -0.457. The van der Waals surface area contributed by atoms with E-state index >= 15 is 0 Å². The molecule has 0 radical (unpaired) electrons. The molecule has 0 aliphatic carbocycles. The van der Waals surface area contributed by atoms with Gasteiger partial charge in [0.1, 0.15) is 0 Å². The highest BCUT2D eigenvalue weighted by Crippen LogP contribution is 2.23. The van der Waals surface area contributed by atoms with Crippen molar-refractivity contribution in [1.29, 1.82) is 5.26 Å². The van der Waals surface area contributed by atoms with Gasteiger partial charge in [-0.15, -0.1) is 0 Å². The summed E-state index contributed by atoms with van der Waals surface area (Å²) < 4.78 is 4.91. The van der Waals surface area contributed by atoms with Crippen LogP contribution >= 0.6 is 0 Å². The topological polar surface area (TPSA) is 50.1 Å². The Labute approximate surface area is 95.7 Å². The molecule has 1 atom stereocenters. The van der Waals surface area contributed by atoms with Gasteiger partial charge in [-0.3, -0.25) is 4.79 Å². The van der Waals surface area contributed by atoms with Crippen molar-refractivity contribution in [2.75, 3.05) is 6.61 Å². The van der Waals surface area contributed by atoms with Crippen LogP contribution < -0.4 is 0 Å². The summed E-state index contributed by atoms with van der Waals surface area (Å²) >= 11 is 0. The molecule has 0 heterocycles. The number of carbonyl (C=O) groups excluding carboxylic acids is 1. The molecule has 0 bridgehead atoms. The minimum atomic E-state index is -1.10. The van der Waals surface area contributed by atoms with Crippen LogP contribution in [0.1, 0.15) is 19.4 Å². The average molecular weight is 217 g/mol. The maximum absolute atomic E-state index is 11.7. The number of carbonyl (C=O) groups is 1. The third kappa shape index (κ3) is 2.83. The molecule has 3 nitrogen and oxygen atoms in total. The van der Waals surface area contributed by atoms with Crippen molar-refractivity contribution in [1.82, 2.24) is 0 Å². The standard InChI is InChI=1S/C13H15NO2/c1-3-16-12(15)13(2,10-14)9-11-7-5-4-6-8-11/h4-8H,3,9H2,1-2H3/t13-/m1/s1. The fraction of sp³-hybridized carbons (Fsp3) is 0.385. The molecular weight excluding hydrogens is 202 g/mol. The Morgan fingerprint density at radius 3 is 2.56 bits per heavy atom. The molecule has 16 heavy (non-hydrogen) atoms. The third-order valence-corrected chi connectivity index (χ3v) is 2.37. The van der Waals surface area contributed by atoms with E-state index in [0.29, 0.717) is 13.0 Å². The molecule has 0 aliphatic heterocycles. The van der Waals surface area contributed by atoms with Gasteiger partial charge in [-0.25, -0.2) is 0 Å². The fourth-order valence-electron chi connectivity index (χ4n) is 1.45. The molecule has 1 aromatic rings. The van der Waals surface area contributed by atoms with E-state index in [4.69, 9.17) is 10.00 Å². The van der Waals surface area contributed by atoms with Crippen molar-refractivity contribution in [2.24, 2.45) is 5.41 Å². The van der Waals surface area contributed by atoms with Crippen LogP contribution in [0.25, 0.3) is 0 Å². The average Bonchev–Trinajstić information content (AvgIpc) is 2.30. The molecule has 0 aliphatic rings. The van der Waals surface area contributed by atoms with Gasteiger partial charge < -0.3 is 4.74 Å². The predicted octanol–water partition coefficient (Wildman–Crippen LogP) is 2.32. The Morgan fingerprint density at radius 2 is 2.06 bits per heavy atom. The molecule has 0 saturated carbocycles. The van der Waals surface area contributed by atoms with Crippen LogP contribution in [0.4, 0.5) is 0 Å². The summed E-state index contributed by atoms with van der Waals surface area (Å²) in [6.07, 6.45) is 0.378. The van der Waals surface area contributed by atoms with E-state index in [9.17, 15) is 4.79 Å². The van der Waals surface area contributed by atoms with Gasteiger partial charge in [0.05, 0.1) is 12.7 Å². The highest BCUT2D eigenvalue weighted by molar-refractivity contribution is 5.79. The second kappa shape index (κ2) is 5.32. The molecule has 0 unspecified atom stereocenters. The first kappa shape index (κ1) is 12.3. The minimum absolute atomic E-state index is 0.297. The maximum atomic E-state index is 11.7. The van der Waals surface area contributed by atoms with Crippen LogP contribution in [0.5, 0.6) is 0 Å². The van der Waals surface area contributed by atoms with Crippen molar-refractivity contribution in [3.8, 4) is 6.07 Å². The molecule has 0 amide bonds. The van der Waals surface area contributed by atoms with E-state index in [1.165, 1.54) is 0 Å². The monoisotopic (exact) mass is 217 g/mol. The molecule has 0 fully saturated rings. The fourth-order valence-corrected chi connectivity index (χ4v) is 1.45. The van der Waals surface area contributed by atoms with Gasteiger partial charge >= 0.3 is 5.97 Å². The smallest absolute Gasteiger partial charge is 0.326 e. The predicted molar refractivity (Wildman–Crippen MR) is 60.5 cm³/mol. The second-order valence-corrected chi connectivity index (χ2v) is 3.83. The summed E-state index contributed by atoms with van der Waals surface area (Å²) in [6, 6.07) is 11.5. The zero-order chi connectivity index (χ0) is 12.0. The molecule has 84 valence electrons. The van der Waals surface area contributed by atoms with Gasteiger partial charge in [0.15, 0.2) is 5.41 Å². The number of ether oxygens (including phenoxy) is 1. The zero-order valence-corrected chi connectivity index (χ0v) is 9.56. The largest absolute Gasteiger partial charge is 0.465 e. The molecule has 0 spiro atoms. The van der Waals surface area contributed by atoms with E-state index in [0.717, 1.165) is 5.56 Å². The number of nitrogens with zero attached hydrogens (tertiary/aromatic N) is 1. The highest BCUT2D eigenvalue weighted by atomic mass is 16.5. The molecule has 3 heteroatoms. The van der Waals surface area contributed by atoms with Crippen LogP contribution in [-0.2, 0) is 16.0 Å². The normalized spacial score (nSPS) is 13.6. The van der Waals surface area contributed by atoms with E-state index in [1.807, 2.05) is 36.4 Å². The lowest BCUT2D eigenvalue weighted by atomic mass is 9.85. The van der Waals surface area contributed by atoms with Gasteiger partial charge in [0.2, 0.25) is 0 Å². The van der Waals surface area contributed by atoms with Crippen molar-refractivity contribution < 1.29 is 9.53 Å². The van der Waals surface area contributed by atoms with E-state index in [2.05, 4.69) is 0 Å². The van der Waals surface area contributed by atoms with Crippen LogP contribution in [-0.4, -0.2) is 12.6 Å². The van der Waals surface area contributed by atoms with Gasteiger partial charge in [0, 0.05) is 6.42 Å². The number of hydrogen-bond donors (Lipinski definition) is 0. The SMILES string of the molecule is CCOC(=O)[C@@](C)(C#N)Cc1ccccc1. The Morgan fingerprint density at radius 1 is 1.44 bits per heavy atom. The van der Waals surface area contributed by atoms with Gasteiger partial charge in [-0.05, 0) is 19.4 Å². The first-order valence-electron chi connectivity index (χ1n) is 5.25. The third-order valence-electron chi connectivity index (χ3n) is 2.37. The minimum Gasteiger partial charge on any atom is -0.465 e. The molecular formula is C13H15NO2. The van der Waals surface area contributed by atoms with Crippen molar-refractivity contribution >= 4 is 5.97 Å². The summed E-state index contributed by atoms with van der Waals surface area (Å²) in [7, 11) is 0. The lowest BCUT2D eigenvalue weighted by Crippen LogP contribution is -2.30. The first-order valence-corrected chi connectivity index (χ1v) is 5.25. The van der Waals surface area contributed by atoms with Gasteiger partial charge in [-0.1, -0.05) is 30.3 Å². The Kier molecular flexibility index (Phi) is 4.07. The number of hydrogen-bond acceptors (Lipinski definition) is 3.